The SMILES string of the molecule is N#COP(OC#N)(c1ccccn1)(c1ccccn1)c1ccccn1.[Pd].[Pd].c1ccc(P(c2ccccn2)c2ccccn2)nc1. The smallest absolute Gasteiger partial charge is 0.0753 e. The second-order valence-corrected chi connectivity index (χ2v) is 14.5. The molecule has 0 fully saturated rings. The maximum Gasteiger partial charge on any atom is 0.0753 e. The van der Waals surface area contributed by atoms with Gasteiger partial charge in [0, 0.05) is 67.4 Å². The monoisotopic (exact) mass is 826 g/mol. The molecule has 46 heavy (non-hydrogen) atoms. The Bertz CT molecular complexity index is 1640. The van der Waals surface area contributed by atoms with E-state index in [0.29, 0.717) is 0 Å². The van der Waals surface area contributed by atoms with Crippen molar-refractivity contribution in [1.29, 1.82) is 10.5 Å². The quantitative estimate of drug-likeness (QED) is 0.128. The van der Waals surface area contributed by atoms with Gasteiger partial charge in [-0.2, -0.15) is 0 Å². The van der Waals surface area contributed by atoms with Crippen molar-refractivity contribution in [3.8, 4) is 12.5 Å². The Morgan fingerprint density at radius 2 is 0.717 bits per heavy atom. The van der Waals surface area contributed by atoms with Crippen molar-refractivity contribution in [1.82, 2.24) is 29.9 Å². The minimum absolute atomic E-state index is 0. The molecule has 6 heterocycles. The summed E-state index contributed by atoms with van der Waals surface area (Å²) in [5.41, 5.74) is 3.89. The van der Waals surface area contributed by atoms with Gasteiger partial charge in [-0.25, -0.2) is 0 Å². The predicted molar refractivity (Wildman–Crippen MR) is 170 cm³/mol. The van der Waals surface area contributed by atoms with Crippen LogP contribution in [0.1, 0.15) is 0 Å². The summed E-state index contributed by atoms with van der Waals surface area (Å²) in [5, 5.41) is 18.9. The van der Waals surface area contributed by atoms with Crippen LogP contribution in [0.25, 0.3) is 0 Å². The number of hydrogen-bond acceptors (Lipinski definition) is 10. The van der Waals surface area contributed by atoms with Crippen molar-refractivity contribution in [2.24, 2.45) is 0 Å². The van der Waals surface area contributed by atoms with Gasteiger partial charge in [0.2, 0.25) is 0 Å². The van der Waals surface area contributed by atoms with Crippen LogP contribution >= 0.6 is 15.0 Å². The fourth-order valence-corrected chi connectivity index (χ4v) is 9.87. The summed E-state index contributed by atoms with van der Waals surface area (Å²) in [5.74, 6) is 0. The molecular weight excluding hydrogens is 803 g/mol. The van der Waals surface area contributed by atoms with Crippen molar-refractivity contribution in [2.75, 3.05) is 0 Å². The fourth-order valence-electron chi connectivity index (χ4n) is 4.40. The van der Waals surface area contributed by atoms with E-state index in [2.05, 4.69) is 29.9 Å². The minimum Gasteiger partial charge on any atom is -0.256 e. The van der Waals surface area contributed by atoms with Crippen LogP contribution in [0.2, 0.25) is 0 Å². The molecule has 6 aromatic rings. The van der Waals surface area contributed by atoms with Gasteiger partial charge in [-0.1, -0.05) is 18.2 Å². The first-order valence-corrected chi connectivity index (χ1v) is 16.6. The second-order valence-electron chi connectivity index (χ2n) is 8.79. The zero-order valence-corrected chi connectivity index (χ0v) is 28.7. The molecule has 14 heteroatoms. The van der Waals surface area contributed by atoms with Crippen molar-refractivity contribution in [3.63, 3.8) is 0 Å². The van der Waals surface area contributed by atoms with Crippen molar-refractivity contribution < 1.29 is 49.9 Å². The third kappa shape index (κ3) is 7.38. The summed E-state index contributed by atoms with van der Waals surface area (Å²) in [7, 11) is -5.32. The molecule has 0 spiro atoms. The van der Waals surface area contributed by atoms with E-state index in [4.69, 9.17) is 9.05 Å². The van der Waals surface area contributed by atoms with Crippen LogP contribution in [0.3, 0.4) is 0 Å². The average Bonchev–Trinajstić information content (AvgIpc) is 3.11. The number of hydrogen-bond donors (Lipinski definition) is 0. The molecule has 10 nitrogen and oxygen atoms in total. The molecule has 0 aliphatic heterocycles. The summed E-state index contributed by atoms with van der Waals surface area (Å²) >= 11 is 0. The summed E-state index contributed by atoms with van der Waals surface area (Å²) < 4.78 is 11.2. The zero-order valence-electron chi connectivity index (χ0n) is 23.8. The van der Waals surface area contributed by atoms with Crippen molar-refractivity contribution in [3.05, 3.63) is 146 Å². The van der Waals surface area contributed by atoms with Gasteiger partial charge in [-0.05, 0) is 36.4 Å². The Labute approximate surface area is 295 Å². The Balaban J connectivity index is 0.000000248. The first-order chi connectivity index (χ1) is 21.7. The molecule has 0 radical (unpaired) electrons. The molecule has 0 aliphatic rings. The molecule has 0 N–H and O–H groups in total. The molecule has 0 atom stereocenters. The van der Waals surface area contributed by atoms with Gasteiger partial charge in [0.05, 0.1) is 16.3 Å². The third-order valence-corrected chi connectivity index (χ3v) is 12.6. The van der Waals surface area contributed by atoms with E-state index < -0.39 is 15.0 Å². The van der Waals surface area contributed by atoms with E-state index >= 15 is 0 Å². The third-order valence-electron chi connectivity index (χ3n) is 6.26. The van der Waals surface area contributed by atoms with Gasteiger partial charge >= 0.3 is 144 Å². The molecule has 6 rings (SSSR count). The number of rotatable bonds is 8. The zero-order chi connectivity index (χ0) is 30.5. The summed E-state index contributed by atoms with van der Waals surface area (Å²) in [6, 6.07) is 33.1. The van der Waals surface area contributed by atoms with Crippen LogP contribution in [-0.4, -0.2) is 29.9 Å². The molecule has 0 saturated carbocycles. The minimum atomic E-state index is -4.54. The van der Waals surface area contributed by atoms with Gasteiger partial charge in [0.25, 0.3) is 0 Å². The van der Waals surface area contributed by atoms with E-state index in [-0.39, 0.29) is 57.2 Å². The Kier molecular flexibility index (Phi) is 13.7. The van der Waals surface area contributed by atoms with E-state index in [0.717, 1.165) is 16.3 Å². The topological polar surface area (TPSA) is 143 Å². The summed E-state index contributed by atoms with van der Waals surface area (Å²) in [6.07, 6.45) is 13.4. The molecule has 0 saturated heterocycles. The second kappa shape index (κ2) is 17.4. The Hall–Kier alpha value is -4.34. The van der Waals surface area contributed by atoms with Crippen LogP contribution in [0.5, 0.6) is 0 Å². The van der Waals surface area contributed by atoms with Crippen molar-refractivity contribution in [2.45, 2.75) is 0 Å². The number of aromatic nitrogens is 6. The Morgan fingerprint density at radius 1 is 0.435 bits per heavy atom. The van der Waals surface area contributed by atoms with E-state index in [1.807, 2.05) is 73.2 Å². The molecule has 0 aliphatic carbocycles. The van der Waals surface area contributed by atoms with E-state index in [9.17, 15) is 10.5 Å². The first kappa shape index (κ1) is 36.1. The van der Waals surface area contributed by atoms with Crippen LogP contribution in [0.4, 0.5) is 0 Å². The first-order valence-electron chi connectivity index (χ1n) is 13.2. The van der Waals surface area contributed by atoms with Gasteiger partial charge in [0.1, 0.15) is 0 Å². The van der Waals surface area contributed by atoms with Crippen LogP contribution in [-0.2, 0) is 49.9 Å². The van der Waals surface area contributed by atoms with Gasteiger partial charge in [-0.15, -0.1) is 0 Å². The molecule has 234 valence electrons. The molecule has 0 unspecified atom stereocenters. The van der Waals surface area contributed by atoms with Gasteiger partial charge in [0.15, 0.2) is 0 Å². The average molecular weight is 827 g/mol. The summed E-state index contributed by atoms with van der Waals surface area (Å²) in [4.78, 5) is 26.5. The molecular formula is C32H24N8O2P2Pd2. The largest absolute Gasteiger partial charge is 0.256 e. The van der Waals surface area contributed by atoms with Gasteiger partial charge in [-0.3, -0.25) is 15.0 Å². The van der Waals surface area contributed by atoms with E-state index in [1.165, 1.54) is 18.6 Å². The maximum atomic E-state index is 9.47. The molecule has 6 aromatic heterocycles. The van der Waals surface area contributed by atoms with Crippen LogP contribution in [0.15, 0.2) is 146 Å². The Morgan fingerprint density at radius 3 is 0.935 bits per heavy atom. The van der Waals surface area contributed by atoms with Crippen LogP contribution in [0, 0.1) is 23.0 Å². The van der Waals surface area contributed by atoms with Crippen LogP contribution < -0.4 is 32.6 Å². The van der Waals surface area contributed by atoms with Crippen molar-refractivity contribution >= 4 is 47.6 Å². The van der Waals surface area contributed by atoms with Gasteiger partial charge < -0.3 is 0 Å². The number of nitrogens with zero attached hydrogens (tertiary/aromatic N) is 8. The standard InChI is InChI=1S/C17H12N5O2P.C15H12N3P.2Pd/c18-13-23-25(24-14-19,15-7-1-4-10-20-15,16-8-2-5-11-21-16)17-9-3-6-12-22-17;1-4-10-16-13(7-1)19(14-8-2-5-11-17-14)15-9-3-6-12-18-15;;/h1-12H;1-12H;;. The van der Waals surface area contributed by atoms with E-state index in [1.54, 1.807) is 67.1 Å². The molecule has 0 bridgehead atoms. The molecule has 0 amide bonds. The molecule has 0 aromatic carbocycles. The number of pyridine rings is 6. The maximum absolute atomic E-state index is 9.47. The number of nitriles is 2. The predicted octanol–water partition coefficient (Wildman–Crippen LogP) is 3.15. The fraction of sp³-hybridized carbons (Fsp3) is 0. The normalized spacial score (nSPS) is 10.9. The summed E-state index contributed by atoms with van der Waals surface area (Å²) in [6.45, 7) is 0.